The van der Waals surface area contributed by atoms with Gasteiger partial charge in [-0.2, -0.15) is 0 Å². The molecule has 2 rings (SSSR count). The Hall–Kier alpha value is -0.640. The minimum absolute atomic E-state index is 0.0603. The summed E-state index contributed by atoms with van der Waals surface area (Å²) in [6, 6.07) is 4.75. The molecule has 1 heterocycles. The monoisotopic (exact) mass is 257 g/mol. The minimum Gasteiger partial charge on any atom is -0.372 e. The number of rotatable bonds is 1. The number of nitrogens with one attached hydrogen (secondary N) is 1. The van der Waals surface area contributed by atoms with Gasteiger partial charge < -0.3 is 10.1 Å². The van der Waals surface area contributed by atoms with Gasteiger partial charge in [0.15, 0.2) is 0 Å². The molecule has 0 aromatic heterocycles. The topological polar surface area (TPSA) is 21.3 Å². The third-order valence-electron chi connectivity index (χ3n) is 2.92. The van der Waals surface area contributed by atoms with Crippen molar-refractivity contribution < 1.29 is 9.13 Å². The fourth-order valence-corrected chi connectivity index (χ4v) is 2.09. The van der Waals surface area contributed by atoms with Crippen molar-refractivity contribution in [2.75, 3.05) is 19.7 Å². The predicted octanol–water partition coefficient (Wildman–Crippen LogP) is 3.17. The van der Waals surface area contributed by atoms with E-state index in [0.717, 1.165) is 18.7 Å². The van der Waals surface area contributed by atoms with Gasteiger partial charge in [-0.3, -0.25) is 0 Å². The lowest BCUT2D eigenvalue weighted by atomic mass is 9.95. The number of halogens is 2. The van der Waals surface area contributed by atoms with E-state index in [-0.39, 0.29) is 16.5 Å². The minimum atomic E-state index is -0.391. The Morgan fingerprint density at radius 2 is 2.24 bits per heavy atom. The van der Waals surface area contributed by atoms with E-state index in [2.05, 4.69) is 19.2 Å². The number of hydrogen-bond acceptors (Lipinski definition) is 2. The summed E-state index contributed by atoms with van der Waals surface area (Å²) < 4.78 is 18.9. The fourth-order valence-electron chi connectivity index (χ4n) is 1.90. The van der Waals surface area contributed by atoms with E-state index in [1.807, 2.05) is 0 Å². The van der Waals surface area contributed by atoms with Gasteiger partial charge >= 0.3 is 0 Å². The highest BCUT2D eigenvalue weighted by atomic mass is 35.5. The molecule has 94 valence electrons. The molecule has 0 amide bonds. The molecule has 0 aliphatic carbocycles. The van der Waals surface area contributed by atoms with Crippen molar-refractivity contribution >= 4 is 11.6 Å². The molecular formula is C13H17ClFNO. The Bertz CT molecular complexity index is 408. The molecule has 2 nitrogen and oxygen atoms in total. The molecule has 0 radical (unpaired) electrons. The van der Waals surface area contributed by atoms with Gasteiger partial charge in [-0.15, -0.1) is 0 Å². The molecule has 1 unspecified atom stereocenters. The SMILES string of the molecule is CC1(C)CNCC(c2ccc(F)c(Cl)c2)OC1. The first kappa shape index (κ1) is 12.8. The van der Waals surface area contributed by atoms with Gasteiger partial charge in [0, 0.05) is 18.5 Å². The first-order valence-electron chi connectivity index (χ1n) is 5.75. The van der Waals surface area contributed by atoms with E-state index in [9.17, 15) is 4.39 Å². The van der Waals surface area contributed by atoms with Crippen LogP contribution in [0, 0.1) is 11.2 Å². The zero-order valence-corrected chi connectivity index (χ0v) is 10.9. The highest BCUT2D eigenvalue weighted by Crippen LogP contribution is 2.27. The summed E-state index contributed by atoms with van der Waals surface area (Å²) in [5, 5.41) is 3.51. The standard InChI is InChI=1S/C13H17ClFNO/c1-13(2)7-16-6-12(17-8-13)9-3-4-11(15)10(14)5-9/h3-5,12,16H,6-8H2,1-2H3. The number of hydrogen-bond donors (Lipinski definition) is 1. The van der Waals surface area contributed by atoms with Gasteiger partial charge in [0.05, 0.1) is 17.7 Å². The molecule has 0 spiro atoms. The summed E-state index contributed by atoms with van der Waals surface area (Å²) in [5.41, 5.74) is 1.04. The normalized spacial score (nSPS) is 24.4. The van der Waals surface area contributed by atoms with Crippen LogP contribution in [-0.4, -0.2) is 19.7 Å². The summed E-state index contributed by atoms with van der Waals surface area (Å²) in [6.45, 7) is 6.63. The van der Waals surface area contributed by atoms with E-state index in [1.54, 1.807) is 12.1 Å². The van der Waals surface area contributed by atoms with Crippen molar-refractivity contribution in [2.24, 2.45) is 5.41 Å². The van der Waals surface area contributed by atoms with Crippen LogP contribution in [-0.2, 0) is 4.74 Å². The molecular weight excluding hydrogens is 241 g/mol. The highest BCUT2D eigenvalue weighted by Gasteiger charge is 2.25. The van der Waals surface area contributed by atoms with Crippen molar-refractivity contribution in [3.8, 4) is 0 Å². The van der Waals surface area contributed by atoms with E-state index >= 15 is 0 Å². The largest absolute Gasteiger partial charge is 0.372 e. The molecule has 1 N–H and O–H groups in total. The van der Waals surface area contributed by atoms with Crippen LogP contribution in [0.25, 0.3) is 0 Å². The van der Waals surface area contributed by atoms with E-state index in [1.165, 1.54) is 6.07 Å². The van der Waals surface area contributed by atoms with Crippen molar-refractivity contribution in [2.45, 2.75) is 20.0 Å². The molecule has 1 fully saturated rings. The summed E-state index contributed by atoms with van der Waals surface area (Å²) in [5.74, 6) is -0.391. The summed E-state index contributed by atoms with van der Waals surface area (Å²) in [6.07, 6.45) is -0.0603. The second-order valence-corrected chi connectivity index (χ2v) is 5.68. The van der Waals surface area contributed by atoms with Crippen LogP contribution < -0.4 is 5.32 Å². The number of ether oxygens (including phenoxy) is 1. The molecule has 1 saturated heterocycles. The third-order valence-corrected chi connectivity index (χ3v) is 3.21. The van der Waals surface area contributed by atoms with Crippen LogP contribution in [0.2, 0.25) is 5.02 Å². The van der Waals surface area contributed by atoms with Gasteiger partial charge in [0.1, 0.15) is 5.82 Å². The fraction of sp³-hybridized carbons (Fsp3) is 0.538. The molecule has 0 saturated carbocycles. The highest BCUT2D eigenvalue weighted by molar-refractivity contribution is 6.30. The van der Waals surface area contributed by atoms with Crippen LogP contribution in [0.5, 0.6) is 0 Å². The summed E-state index contributed by atoms with van der Waals surface area (Å²) in [4.78, 5) is 0. The van der Waals surface area contributed by atoms with Crippen molar-refractivity contribution in [1.29, 1.82) is 0 Å². The molecule has 1 aliphatic rings. The quantitative estimate of drug-likeness (QED) is 0.834. The Morgan fingerprint density at radius 1 is 1.47 bits per heavy atom. The van der Waals surface area contributed by atoms with Crippen molar-refractivity contribution in [1.82, 2.24) is 5.32 Å². The maximum absolute atomic E-state index is 13.1. The average Bonchev–Trinajstić information content (AvgIpc) is 2.44. The first-order chi connectivity index (χ1) is 7.98. The predicted molar refractivity (Wildman–Crippen MR) is 66.8 cm³/mol. The lowest BCUT2D eigenvalue weighted by Crippen LogP contribution is -2.29. The zero-order chi connectivity index (χ0) is 12.5. The lowest BCUT2D eigenvalue weighted by Gasteiger charge is -2.21. The smallest absolute Gasteiger partial charge is 0.141 e. The van der Waals surface area contributed by atoms with Gasteiger partial charge in [-0.1, -0.05) is 31.5 Å². The van der Waals surface area contributed by atoms with E-state index in [4.69, 9.17) is 16.3 Å². The van der Waals surface area contributed by atoms with Crippen LogP contribution in [0.1, 0.15) is 25.5 Å². The maximum atomic E-state index is 13.1. The molecule has 0 bridgehead atoms. The van der Waals surface area contributed by atoms with Crippen LogP contribution >= 0.6 is 11.6 Å². The van der Waals surface area contributed by atoms with Crippen LogP contribution in [0.15, 0.2) is 18.2 Å². The lowest BCUT2D eigenvalue weighted by molar-refractivity contribution is 0.0259. The summed E-state index contributed by atoms with van der Waals surface area (Å²) >= 11 is 5.78. The molecule has 1 aromatic rings. The Labute approximate surface area is 106 Å². The maximum Gasteiger partial charge on any atom is 0.141 e. The summed E-state index contributed by atoms with van der Waals surface area (Å²) in [7, 11) is 0. The van der Waals surface area contributed by atoms with Crippen LogP contribution in [0.4, 0.5) is 4.39 Å². The van der Waals surface area contributed by atoms with E-state index < -0.39 is 5.82 Å². The average molecular weight is 258 g/mol. The Morgan fingerprint density at radius 3 is 2.94 bits per heavy atom. The second kappa shape index (κ2) is 4.92. The van der Waals surface area contributed by atoms with Gasteiger partial charge in [-0.25, -0.2) is 4.39 Å². The third kappa shape index (κ3) is 3.18. The van der Waals surface area contributed by atoms with Crippen molar-refractivity contribution in [3.63, 3.8) is 0 Å². The Balaban J connectivity index is 2.14. The molecule has 17 heavy (non-hydrogen) atoms. The van der Waals surface area contributed by atoms with Gasteiger partial charge in [-0.05, 0) is 17.7 Å². The molecule has 1 atom stereocenters. The zero-order valence-electron chi connectivity index (χ0n) is 10.1. The molecule has 1 aliphatic heterocycles. The van der Waals surface area contributed by atoms with Crippen molar-refractivity contribution in [3.05, 3.63) is 34.6 Å². The first-order valence-corrected chi connectivity index (χ1v) is 6.13. The number of benzene rings is 1. The molecule has 1 aromatic carbocycles. The van der Waals surface area contributed by atoms with E-state index in [0.29, 0.717) is 6.61 Å². The Kier molecular flexibility index (Phi) is 3.71. The van der Waals surface area contributed by atoms with Gasteiger partial charge in [0.2, 0.25) is 0 Å². The van der Waals surface area contributed by atoms with Crippen LogP contribution in [0.3, 0.4) is 0 Å². The molecule has 4 heteroatoms. The van der Waals surface area contributed by atoms with Gasteiger partial charge in [0.25, 0.3) is 0 Å². The second-order valence-electron chi connectivity index (χ2n) is 5.27.